The number of benzene rings is 6. The summed E-state index contributed by atoms with van der Waals surface area (Å²) in [6, 6.07) is 53.1. The van der Waals surface area contributed by atoms with E-state index in [-0.39, 0.29) is 0 Å². The summed E-state index contributed by atoms with van der Waals surface area (Å²) >= 11 is 1.87. The summed E-state index contributed by atoms with van der Waals surface area (Å²) in [5.41, 5.74) is 9.68. The van der Waals surface area contributed by atoms with Crippen LogP contribution in [0.25, 0.3) is 42.4 Å². The van der Waals surface area contributed by atoms with Crippen molar-refractivity contribution in [3.8, 4) is 22.3 Å². The number of nitrogens with zero attached hydrogens (tertiary/aromatic N) is 1. The number of fused-ring (bicyclic) bond motifs is 3. The Hall–Kier alpha value is -5.18. The molecule has 1 aromatic heterocycles. The highest BCUT2D eigenvalue weighted by molar-refractivity contribution is 7.25. The first-order chi connectivity index (χ1) is 21.8. The van der Waals surface area contributed by atoms with Gasteiger partial charge < -0.3 is 4.90 Å². The molecule has 0 fully saturated rings. The Morgan fingerprint density at radius 3 is 1.73 bits per heavy atom. The summed E-state index contributed by atoms with van der Waals surface area (Å²) in [7, 11) is 0. The average molecular weight is 582 g/mol. The Morgan fingerprint density at radius 2 is 1.05 bits per heavy atom. The quantitative estimate of drug-likeness (QED) is 0.189. The molecule has 8 rings (SSSR count). The molecule has 0 aliphatic heterocycles. The summed E-state index contributed by atoms with van der Waals surface area (Å²) in [5, 5.41) is 2.67. The van der Waals surface area contributed by atoms with Crippen LogP contribution < -0.4 is 4.90 Å². The largest absolute Gasteiger partial charge is 0.311 e. The normalized spacial score (nSPS) is 14.3. The molecule has 44 heavy (non-hydrogen) atoms. The number of anilines is 3. The van der Waals surface area contributed by atoms with Crippen LogP contribution in [-0.2, 0) is 0 Å². The molecule has 0 amide bonds. The van der Waals surface area contributed by atoms with E-state index in [1.165, 1.54) is 48.0 Å². The fourth-order valence-electron chi connectivity index (χ4n) is 6.29. The number of rotatable bonds is 6. The Labute approximate surface area is 262 Å². The predicted octanol–water partition coefficient (Wildman–Crippen LogP) is 12.5. The lowest BCUT2D eigenvalue weighted by Gasteiger charge is -2.26. The predicted molar refractivity (Wildman–Crippen MR) is 191 cm³/mol. The molecule has 0 saturated heterocycles. The van der Waals surface area contributed by atoms with Gasteiger partial charge in [-0.05, 0) is 82.8 Å². The molecule has 1 nitrogen and oxygen atoms in total. The lowest BCUT2D eigenvalue weighted by Crippen LogP contribution is -2.10. The summed E-state index contributed by atoms with van der Waals surface area (Å²) in [5.74, 6) is 0.435. The van der Waals surface area contributed by atoms with Gasteiger partial charge in [0.2, 0.25) is 0 Å². The molecule has 1 unspecified atom stereocenters. The number of hydrogen-bond donors (Lipinski definition) is 0. The standard InChI is InChI=1S/C42H31NS/c1-3-9-30(10-4-1)32-15-22-36(23-16-32)43(37-24-17-33(18-25-37)31-11-5-2-6-12-31)38-26-19-34(20-27-38)35-21-28-40-39-13-7-8-14-41(39)44-42(40)29-35/h1-11,13-29,31H,12H2. The van der Waals surface area contributed by atoms with E-state index in [0.29, 0.717) is 5.92 Å². The smallest absolute Gasteiger partial charge is 0.0462 e. The Balaban J connectivity index is 1.15. The molecule has 6 aromatic carbocycles. The van der Waals surface area contributed by atoms with Gasteiger partial charge in [0.05, 0.1) is 0 Å². The first-order valence-corrected chi connectivity index (χ1v) is 16.0. The maximum atomic E-state index is 2.36. The van der Waals surface area contributed by atoms with Crippen molar-refractivity contribution >= 4 is 48.6 Å². The third-order valence-electron chi connectivity index (χ3n) is 8.63. The first-order valence-electron chi connectivity index (χ1n) is 15.2. The molecular weight excluding hydrogens is 551 g/mol. The van der Waals surface area contributed by atoms with Crippen molar-refractivity contribution in [1.82, 2.24) is 0 Å². The van der Waals surface area contributed by atoms with Crippen LogP contribution in [0.3, 0.4) is 0 Å². The molecule has 0 saturated carbocycles. The minimum Gasteiger partial charge on any atom is -0.311 e. The van der Waals surface area contributed by atoms with Gasteiger partial charge >= 0.3 is 0 Å². The van der Waals surface area contributed by atoms with Crippen molar-refractivity contribution in [2.75, 3.05) is 4.90 Å². The van der Waals surface area contributed by atoms with Gasteiger partial charge in [0.1, 0.15) is 0 Å². The maximum absolute atomic E-state index is 2.36. The minimum atomic E-state index is 0.435. The topological polar surface area (TPSA) is 3.24 Å². The van der Waals surface area contributed by atoms with Gasteiger partial charge in [-0.1, -0.05) is 121 Å². The van der Waals surface area contributed by atoms with Crippen molar-refractivity contribution in [3.63, 3.8) is 0 Å². The SMILES string of the molecule is C1=CCC(c2ccc(N(c3ccc(-c4ccccc4)cc3)c3ccc(-c4ccc5c(c4)sc4ccccc45)cc3)cc2)C=C1. The third kappa shape index (κ3) is 5.04. The fraction of sp³-hybridized carbons (Fsp3) is 0.0476. The number of hydrogen-bond acceptors (Lipinski definition) is 2. The zero-order valence-corrected chi connectivity index (χ0v) is 25.1. The van der Waals surface area contributed by atoms with E-state index < -0.39 is 0 Å². The van der Waals surface area contributed by atoms with E-state index in [4.69, 9.17) is 0 Å². The van der Waals surface area contributed by atoms with E-state index in [2.05, 4.69) is 175 Å². The molecule has 1 aliphatic carbocycles. The van der Waals surface area contributed by atoms with Gasteiger partial charge in [-0.2, -0.15) is 0 Å². The zero-order chi connectivity index (χ0) is 29.3. The van der Waals surface area contributed by atoms with Crippen molar-refractivity contribution in [2.24, 2.45) is 0 Å². The molecule has 0 N–H and O–H groups in total. The van der Waals surface area contributed by atoms with E-state index in [1.54, 1.807) is 0 Å². The Kier molecular flexibility index (Phi) is 6.90. The van der Waals surface area contributed by atoms with Crippen LogP contribution in [0.4, 0.5) is 17.1 Å². The van der Waals surface area contributed by atoms with Crippen molar-refractivity contribution < 1.29 is 0 Å². The molecule has 0 bridgehead atoms. The van der Waals surface area contributed by atoms with Crippen molar-refractivity contribution in [2.45, 2.75) is 12.3 Å². The van der Waals surface area contributed by atoms with E-state index in [9.17, 15) is 0 Å². The highest BCUT2D eigenvalue weighted by Crippen LogP contribution is 2.39. The number of allylic oxidation sites excluding steroid dienone is 4. The van der Waals surface area contributed by atoms with Crippen molar-refractivity contribution in [1.29, 1.82) is 0 Å². The van der Waals surface area contributed by atoms with E-state index in [1.807, 2.05) is 11.3 Å². The molecule has 0 spiro atoms. The van der Waals surface area contributed by atoms with Crippen LogP contribution in [0.15, 0.2) is 170 Å². The number of thiophene rings is 1. The fourth-order valence-corrected chi connectivity index (χ4v) is 7.43. The molecular formula is C42H31NS. The monoisotopic (exact) mass is 581 g/mol. The van der Waals surface area contributed by atoms with Crippen molar-refractivity contribution in [3.05, 3.63) is 175 Å². The minimum absolute atomic E-state index is 0.435. The van der Waals surface area contributed by atoms with E-state index >= 15 is 0 Å². The van der Waals surface area contributed by atoms with Gasteiger partial charge in [0, 0.05) is 43.2 Å². The Morgan fingerprint density at radius 1 is 0.477 bits per heavy atom. The molecule has 1 aliphatic rings. The molecule has 0 radical (unpaired) electrons. The summed E-state index contributed by atoms with van der Waals surface area (Å²) in [6.07, 6.45) is 9.89. The van der Waals surface area contributed by atoms with Crippen LogP contribution >= 0.6 is 11.3 Å². The lowest BCUT2D eigenvalue weighted by atomic mass is 9.92. The summed E-state index contributed by atoms with van der Waals surface area (Å²) < 4.78 is 2.67. The second-order valence-electron chi connectivity index (χ2n) is 11.4. The zero-order valence-electron chi connectivity index (χ0n) is 24.3. The van der Waals surface area contributed by atoms with Gasteiger partial charge in [-0.3, -0.25) is 0 Å². The van der Waals surface area contributed by atoms with Crippen LogP contribution in [0.1, 0.15) is 17.9 Å². The molecule has 7 aromatic rings. The molecule has 2 heteroatoms. The first kappa shape index (κ1) is 26.4. The second-order valence-corrected chi connectivity index (χ2v) is 12.4. The second kappa shape index (κ2) is 11.5. The summed E-state index contributed by atoms with van der Waals surface area (Å²) in [4.78, 5) is 2.36. The molecule has 210 valence electrons. The Bertz CT molecular complexity index is 2120. The summed E-state index contributed by atoms with van der Waals surface area (Å²) in [6.45, 7) is 0. The van der Waals surface area contributed by atoms with Gasteiger partial charge in [0.25, 0.3) is 0 Å². The van der Waals surface area contributed by atoms with Crippen LogP contribution in [0.2, 0.25) is 0 Å². The third-order valence-corrected chi connectivity index (χ3v) is 9.76. The maximum Gasteiger partial charge on any atom is 0.0462 e. The van der Waals surface area contributed by atoms with Crippen LogP contribution in [-0.4, -0.2) is 0 Å². The highest BCUT2D eigenvalue weighted by atomic mass is 32.1. The van der Waals surface area contributed by atoms with Gasteiger partial charge in [-0.15, -0.1) is 11.3 Å². The average Bonchev–Trinajstić information content (AvgIpc) is 3.48. The van der Waals surface area contributed by atoms with Gasteiger partial charge in [-0.25, -0.2) is 0 Å². The molecule has 1 heterocycles. The van der Waals surface area contributed by atoms with Crippen LogP contribution in [0.5, 0.6) is 0 Å². The molecule has 1 atom stereocenters. The van der Waals surface area contributed by atoms with E-state index in [0.717, 1.165) is 23.5 Å². The highest BCUT2D eigenvalue weighted by Gasteiger charge is 2.15. The van der Waals surface area contributed by atoms with Gasteiger partial charge in [0.15, 0.2) is 0 Å². The van der Waals surface area contributed by atoms with Crippen LogP contribution in [0, 0.1) is 0 Å². The lowest BCUT2D eigenvalue weighted by molar-refractivity contribution is 0.854.